The molecule has 11 nitrogen and oxygen atoms in total. The predicted molar refractivity (Wildman–Crippen MR) is 149 cm³/mol. The van der Waals surface area contributed by atoms with Gasteiger partial charge in [0.2, 0.25) is 5.91 Å². The molecule has 0 saturated heterocycles. The van der Waals surface area contributed by atoms with Crippen LogP contribution in [0.15, 0.2) is 60.9 Å². The lowest BCUT2D eigenvalue weighted by Gasteiger charge is -2.22. The highest BCUT2D eigenvalue weighted by Crippen LogP contribution is 2.33. The number of nitrogens with zero attached hydrogens (tertiary/aromatic N) is 4. The van der Waals surface area contributed by atoms with Crippen LogP contribution < -0.4 is 16.0 Å². The number of hydrogen-bond donors (Lipinski definition) is 4. The number of amides is 3. The Balaban J connectivity index is 1.46. The molecule has 4 aromatic rings. The first-order chi connectivity index (χ1) is 19.7. The number of benzene rings is 2. The summed E-state index contributed by atoms with van der Waals surface area (Å²) in [5.74, 6) is -1.77. The zero-order chi connectivity index (χ0) is 29.1. The molecule has 3 amide bonds. The number of fused-ring (bicyclic) bond motifs is 4. The summed E-state index contributed by atoms with van der Waals surface area (Å²) in [7, 11) is 0. The van der Waals surface area contributed by atoms with Gasteiger partial charge in [0.25, 0.3) is 5.91 Å². The molecule has 2 bridgehead atoms. The van der Waals surface area contributed by atoms with Crippen molar-refractivity contribution in [3.63, 3.8) is 0 Å². The highest BCUT2D eigenvalue weighted by Gasteiger charge is 2.23. The third-order valence-electron chi connectivity index (χ3n) is 6.78. The van der Waals surface area contributed by atoms with Gasteiger partial charge >= 0.3 is 6.09 Å². The number of hydrogen-bond acceptors (Lipinski definition) is 6. The molecular weight excluding hydrogens is 553 g/mol. The lowest BCUT2D eigenvalue weighted by atomic mass is 9.94. The Labute approximate surface area is 238 Å². The number of carboxylic acid groups (broad SMARTS) is 1. The lowest BCUT2D eigenvalue weighted by molar-refractivity contribution is -0.119. The van der Waals surface area contributed by atoms with Crippen molar-refractivity contribution < 1.29 is 23.9 Å². The Hall–Kier alpha value is -4.84. The quantitative estimate of drug-likeness (QED) is 0.252. The van der Waals surface area contributed by atoms with Crippen molar-refractivity contribution in [2.75, 3.05) is 10.6 Å². The maximum absolute atomic E-state index is 14.5. The Morgan fingerprint density at radius 1 is 1.17 bits per heavy atom. The number of pyridine rings is 1. The first kappa shape index (κ1) is 27.7. The predicted octanol–water partition coefficient (Wildman–Crippen LogP) is 5.44. The summed E-state index contributed by atoms with van der Waals surface area (Å²) < 4.78 is 15.6. The second-order valence-corrected chi connectivity index (χ2v) is 10.0. The summed E-state index contributed by atoms with van der Waals surface area (Å²) in [6.07, 6.45) is 3.38. The molecule has 3 heterocycles. The van der Waals surface area contributed by atoms with Crippen molar-refractivity contribution in [1.82, 2.24) is 25.3 Å². The van der Waals surface area contributed by atoms with E-state index in [1.165, 1.54) is 18.3 Å². The molecule has 0 saturated carbocycles. The van der Waals surface area contributed by atoms with Crippen LogP contribution in [0.2, 0.25) is 5.02 Å². The fourth-order valence-electron chi connectivity index (χ4n) is 4.61. The van der Waals surface area contributed by atoms with E-state index in [0.717, 1.165) is 10.2 Å². The molecule has 0 radical (unpaired) electrons. The number of halogens is 2. The SMILES string of the molecule is C[C@H]1CCC[C@H](NC(=O)c2cn(-c3cccc(Cl)c3F)nn2)c2ccnc(c2)-c2ccc(NC(=O)O)cc2NC1=O. The van der Waals surface area contributed by atoms with Gasteiger partial charge in [0.05, 0.1) is 28.6 Å². The number of rotatable bonds is 4. The Kier molecular flexibility index (Phi) is 7.92. The number of carbonyl (C=O) groups excluding carboxylic acids is 2. The molecule has 1 aliphatic heterocycles. The van der Waals surface area contributed by atoms with Crippen molar-refractivity contribution in [1.29, 1.82) is 0 Å². The van der Waals surface area contributed by atoms with Crippen LogP contribution in [0, 0.1) is 11.7 Å². The van der Waals surface area contributed by atoms with Crippen LogP contribution >= 0.6 is 11.6 Å². The van der Waals surface area contributed by atoms with Gasteiger partial charge in [0, 0.05) is 23.4 Å². The molecule has 1 aliphatic rings. The average molecular weight is 578 g/mol. The Morgan fingerprint density at radius 3 is 2.80 bits per heavy atom. The summed E-state index contributed by atoms with van der Waals surface area (Å²) in [5, 5.41) is 25.0. The largest absolute Gasteiger partial charge is 0.465 e. The van der Waals surface area contributed by atoms with Crippen LogP contribution in [0.1, 0.15) is 48.3 Å². The summed E-state index contributed by atoms with van der Waals surface area (Å²) in [6.45, 7) is 1.80. The van der Waals surface area contributed by atoms with E-state index in [9.17, 15) is 18.8 Å². The Bertz CT molecular complexity index is 1640. The molecule has 2 atom stereocenters. The van der Waals surface area contributed by atoms with Crippen molar-refractivity contribution in [3.8, 4) is 16.9 Å². The zero-order valence-electron chi connectivity index (χ0n) is 21.8. The molecule has 13 heteroatoms. The molecule has 210 valence electrons. The second-order valence-electron chi connectivity index (χ2n) is 9.63. The van der Waals surface area contributed by atoms with Crippen LogP contribution in [-0.2, 0) is 4.79 Å². The molecular formula is C28H25ClFN7O4. The van der Waals surface area contributed by atoms with Crippen molar-refractivity contribution in [2.24, 2.45) is 5.92 Å². The van der Waals surface area contributed by atoms with Gasteiger partial charge in [-0.25, -0.2) is 13.9 Å². The summed E-state index contributed by atoms with van der Waals surface area (Å²) in [6, 6.07) is 12.4. The van der Waals surface area contributed by atoms with Crippen LogP contribution in [0.4, 0.5) is 20.6 Å². The smallest absolute Gasteiger partial charge is 0.409 e. The van der Waals surface area contributed by atoms with E-state index >= 15 is 0 Å². The van der Waals surface area contributed by atoms with Gasteiger partial charge in [-0.2, -0.15) is 0 Å². The van der Waals surface area contributed by atoms with E-state index in [0.29, 0.717) is 41.9 Å². The number of carbonyl (C=O) groups is 3. The van der Waals surface area contributed by atoms with E-state index in [-0.39, 0.29) is 28.2 Å². The fraction of sp³-hybridized carbons (Fsp3) is 0.214. The standard InChI is InChI=1S/C28H25ClFN7O4/c1-15-4-2-6-20(33-27(39)23-14-37(36-35-23)24-7-3-5-19(29)25(24)30)16-10-11-31-21(12-16)18-9-8-17(32-28(40)41)13-22(18)34-26(15)38/h3,5,7-15,20,32H,2,4,6H2,1H3,(H,33,39)(H,34,38)(H,40,41)/t15-,20-/m0/s1. The van der Waals surface area contributed by atoms with Gasteiger partial charge < -0.3 is 15.7 Å². The molecule has 0 aliphatic carbocycles. The molecule has 5 rings (SSSR count). The van der Waals surface area contributed by atoms with Gasteiger partial charge in [-0.15, -0.1) is 5.10 Å². The van der Waals surface area contributed by atoms with Crippen LogP contribution in [0.25, 0.3) is 16.9 Å². The number of nitrogens with one attached hydrogen (secondary N) is 3. The van der Waals surface area contributed by atoms with Crippen LogP contribution in [0.3, 0.4) is 0 Å². The minimum atomic E-state index is -1.23. The highest BCUT2D eigenvalue weighted by atomic mass is 35.5. The molecule has 2 aromatic heterocycles. The van der Waals surface area contributed by atoms with Gasteiger partial charge in [-0.05, 0) is 60.9 Å². The fourth-order valence-corrected chi connectivity index (χ4v) is 4.78. The molecule has 0 unspecified atom stereocenters. The highest BCUT2D eigenvalue weighted by molar-refractivity contribution is 6.30. The zero-order valence-corrected chi connectivity index (χ0v) is 22.5. The first-order valence-electron chi connectivity index (χ1n) is 12.8. The average Bonchev–Trinajstić information content (AvgIpc) is 3.43. The van der Waals surface area contributed by atoms with Gasteiger partial charge in [-0.3, -0.25) is 19.9 Å². The monoisotopic (exact) mass is 577 g/mol. The second kappa shape index (κ2) is 11.7. The summed E-state index contributed by atoms with van der Waals surface area (Å²) in [4.78, 5) is 41.8. The topological polar surface area (TPSA) is 151 Å². The summed E-state index contributed by atoms with van der Waals surface area (Å²) in [5.41, 5.74) is 2.62. The van der Waals surface area contributed by atoms with E-state index in [2.05, 4.69) is 31.2 Å². The molecule has 2 aromatic carbocycles. The minimum absolute atomic E-state index is 0.0127. The van der Waals surface area contributed by atoms with Gasteiger partial charge in [-0.1, -0.05) is 36.2 Å². The molecule has 0 spiro atoms. The third kappa shape index (κ3) is 6.17. The van der Waals surface area contributed by atoms with E-state index in [1.807, 2.05) is 6.07 Å². The van der Waals surface area contributed by atoms with Crippen LogP contribution in [0.5, 0.6) is 0 Å². The lowest BCUT2D eigenvalue weighted by Crippen LogP contribution is -2.29. The number of anilines is 2. The maximum Gasteiger partial charge on any atom is 0.409 e. The Morgan fingerprint density at radius 2 is 2.00 bits per heavy atom. The normalized spacial score (nSPS) is 16.9. The third-order valence-corrected chi connectivity index (χ3v) is 7.07. The van der Waals surface area contributed by atoms with Crippen LogP contribution in [-0.4, -0.2) is 43.0 Å². The van der Waals surface area contributed by atoms with E-state index in [1.54, 1.807) is 43.5 Å². The molecule has 0 fully saturated rings. The summed E-state index contributed by atoms with van der Waals surface area (Å²) >= 11 is 5.88. The first-order valence-corrected chi connectivity index (χ1v) is 13.2. The molecule has 4 N–H and O–H groups in total. The van der Waals surface area contributed by atoms with Crippen molar-refractivity contribution in [3.05, 3.63) is 83.0 Å². The van der Waals surface area contributed by atoms with Gasteiger partial charge in [0.15, 0.2) is 11.5 Å². The van der Waals surface area contributed by atoms with Gasteiger partial charge in [0.1, 0.15) is 5.69 Å². The maximum atomic E-state index is 14.5. The molecule has 41 heavy (non-hydrogen) atoms. The van der Waals surface area contributed by atoms with Crippen molar-refractivity contribution >= 4 is 40.9 Å². The van der Waals surface area contributed by atoms with E-state index < -0.39 is 23.9 Å². The number of aromatic nitrogens is 4. The minimum Gasteiger partial charge on any atom is -0.465 e. The van der Waals surface area contributed by atoms with Crippen molar-refractivity contribution in [2.45, 2.75) is 32.2 Å². The van der Waals surface area contributed by atoms with E-state index in [4.69, 9.17) is 16.7 Å².